The molecule has 0 saturated carbocycles. The predicted octanol–water partition coefficient (Wildman–Crippen LogP) is 2.39. The van der Waals surface area contributed by atoms with Gasteiger partial charge >= 0.3 is 5.76 Å². The first kappa shape index (κ1) is 18.4. The third kappa shape index (κ3) is 4.44. The second-order valence-electron chi connectivity index (χ2n) is 6.40. The van der Waals surface area contributed by atoms with E-state index in [2.05, 4.69) is 5.32 Å². The van der Waals surface area contributed by atoms with Crippen molar-refractivity contribution in [1.82, 2.24) is 9.47 Å². The summed E-state index contributed by atoms with van der Waals surface area (Å²) in [5, 5.41) is 2.75. The molecule has 0 fully saturated rings. The van der Waals surface area contributed by atoms with E-state index in [1.54, 1.807) is 31.3 Å². The van der Waals surface area contributed by atoms with Crippen LogP contribution in [0.15, 0.2) is 57.7 Å². The Labute approximate surface area is 156 Å². The topological polar surface area (TPSA) is 84.5 Å². The first-order valence-electron chi connectivity index (χ1n) is 8.63. The molecule has 140 valence electrons. The summed E-state index contributed by atoms with van der Waals surface area (Å²) < 4.78 is 6.57. The molecular formula is C20H21N3O4. The lowest BCUT2D eigenvalue weighted by atomic mass is 10.2. The van der Waals surface area contributed by atoms with Crippen LogP contribution in [-0.2, 0) is 16.1 Å². The number of fused-ring (bicyclic) bond motifs is 1. The van der Waals surface area contributed by atoms with Crippen LogP contribution in [0.5, 0.6) is 0 Å². The number of aryl methyl sites for hydroxylation is 2. The van der Waals surface area contributed by atoms with Crippen molar-refractivity contribution in [3.8, 4) is 0 Å². The number of aromatic nitrogens is 1. The summed E-state index contributed by atoms with van der Waals surface area (Å²) in [5.41, 5.74) is 2.92. The predicted molar refractivity (Wildman–Crippen MR) is 103 cm³/mol. The van der Waals surface area contributed by atoms with Gasteiger partial charge in [0.1, 0.15) is 0 Å². The van der Waals surface area contributed by atoms with Crippen LogP contribution in [0, 0.1) is 6.92 Å². The minimum absolute atomic E-state index is 0.0618. The summed E-state index contributed by atoms with van der Waals surface area (Å²) in [6.07, 6.45) is 0.0950. The lowest BCUT2D eigenvalue weighted by molar-refractivity contribution is -0.133. The molecule has 7 heteroatoms. The van der Waals surface area contributed by atoms with Gasteiger partial charge in [0.25, 0.3) is 0 Å². The summed E-state index contributed by atoms with van der Waals surface area (Å²) in [5.74, 6) is -1.00. The minimum Gasteiger partial charge on any atom is -0.408 e. The number of anilines is 1. The molecule has 0 atom stereocenters. The Morgan fingerprint density at radius 1 is 1.11 bits per heavy atom. The third-order valence-electron chi connectivity index (χ3n) is 4.26. The van der Waals surface area contributed by atoms with Crippen molar-refractivity contribution in [3.05, 3.63) is 64.6 Å². The summed E-state index contributed by atoms with van der Waals surface area (Å²) in [7, 11) is 1.56. The van der Waals surface area contributed by atoms with Gasteiger partial charge in [-0.3, -0.25) is 14.2 Å². The average Bonchev–Trinajstić information content (AvgIpc) is 2.96. The summed E-state index contributed by atoms with van der Waals surface area (Å²) in [6.45, 7) is 2.10. The number of hydrogen-bond donors (Lipinski definition) is 1. The highest BCUT2D eigenvalue weighted by Gasteiger charge is 2.15. The maximum Gasteiger partial charge on any atom is 0.419 e. The quantitative estimate of drug-likeness (QED) is 0.725. The second kappa shape index (κ2) is 7.90. The second-order valence-corrected chi connectivity index (χ2v) is 6.40. The van der Waals surface area contributed by atoms with E-state index in [0.717, 1.165) is 5.56 Å². The van der Waals surface area contributed by atoms with Gasteiger partial charge in [-0.25, -0.2) is 4.79 Å². The zero-order valence-electron chi connectivity index (χ0n) is 15.3. The zero-order chi connectivity index (χ0) is 19.4. The lowest BCUT2D eigenvalue weighted by Crippen LogP contribution is -2.35. The van der Waals surface area contributed by atoms with Gasteiger partial charge in [-0.1, -0.05) is 29.8 Å². The summed E-state index contributed by atoms with van der Waals surface area (Å²) in [4.78, 5) is 37.7. The van der Waals surface area contributed by atoms with Crippen molar-refractivity contribution >= 4 is 28.6 Å². The number of carbonyl (C=O) groups is 2. The van der Waals surface area contributed by atoms with E-state index in [-0.39, 0.29) is 31.3 Å². The van der Waals surface area contributed by atoms with Gasteiger partial charge in [0.15, 0.2) is 5.58 Å². The Hall–Kier alpha value is -3.35. The third-order valence-corrected chi connectivity index (χ3v) is 4.26. The van der Waals surface area contributed by atoms with E-state index in [0.29, 0.717) is 16.8 Å². The van der Waals surface area contributed by atoms with E-state index in [4.69, 9.17) is 4.42 Å². The fourth-order valence-electron chi connectivity index (χ4n) is 2.77. The molecule has 1 aromatic heterocycles. The van der Waals surface area contributed by atoms with Gasteiger partial charge < -0.3 is 14.6 Å². The van der Waals surface area contributed by atoms with Gasteiger partial charge in [0.2, 0.25) is 11.8 Å². The maximum absolute atomic E-state index is 12.3. The van der Waals surface area contributed by atoms with Crippen molar-refractivity contribution in [2.24, 2.45) is 0 Å². The molecule has 0 aliphatic carbocycles. The largest absolute Gasteiger partial charge is 0.419 e. The smallest absolute Gasteiger partial charge is 0.408 e. The Kier molecular flexibility index (Phi) is 5.40. The number of para-hydroxylation sites is 2. The van der Waals surface area contributed by atoms with Crippen LogP contribution in [-0.4, -0.2) is 34.9 Å². The zero-order valence-corrected chi connectivity index (χ0v) is 15.3. The average molecular weight is 367 g/mol. The number of carbonyl (C=O) groups excluding carboxylic acids is 2. The van der Waals surface area contributed by atoms with E-state index < -0.39 is 5.76 Å². The van der Waals surface area contributed by atoms with Gasteiger partial charge in [0, 0.05) is 25.7 Å². The van der Waals surface area contributed by atoms with Crippen LogP contribution in [0.3, 0.4) is 0 Å². The minimum atomic E-state index is -0.497. The number of rotatable bonds is 6. The molecule has 3 aromatic rings. The Bertz CT molecular complexity index is 1020. The summed E-state index contributed by atoms with van der Waals surface area (Å²) >= 11 is 0. The number of nitrogens with one attached hydrogen (secondary N) is 1. The highest BCUT2D eigenvalue weighted by atomic mass is 16.4. The normalized spacial score (nSPS) is 10.7. The number of nitrogens with zero attached hydrogens (tertiary/aromatic N) is 2. The molecule has 2 amide bonds. The van der Waals surface area contributed by atoms with Gasteiger partial charge in [-0.15, -0.1) is 0 Å². The fourth-order valence-corrected chi connectivity index (χ4v) is 2.77. The van der Waals surface area contributed by atoms with E-state index >= 15 is 0 Å². The van der Waals surface area contributed by atoms with Gasteiger partial charge in [-0.05, 0) is 31.2 Å². The molecule has 0 unspecified atom stereocenters. The number of oxazole rings is 1. The molecule has 0 radical (unpaired) electrons. The van der Waals surface area contributed by atoms with Crippen LogP contribution in [0.25, 0.3) is 11.1 Å². The molecule has 1 heterocycles. The van der Waals surface area contributed by atoms with Crippen molar-refractivity contribution < 1.29 is 14.0 Å². The van der Waals surface area contributed by atoms with E-state index in [1.807, 2.05) is 31.2 Å². The number of likely N-dealkylation sites (N-methyl/N-ethyl adjacent to an activating group) is 1. The standard InChI is InChI=1S/C20H21N3O4/c1-14-7-9-15(10-8-14)21-18(24)13-22(2)19(25)11-12-23-16-5-3-4-6-17(16)27-20(23)26/h3-10H,11-13H2,1-2H3,(H,21,24). The number of benzene rings is 2. The molecule has 1 N–H and O–H groups in total. The number of amides is 2. The molecule has 2 aromatic carbocycles. The first-order chi connectivity index (χ1) is 12.9. The van der Waals surface area contributed by atoms with Crippen LogP contribution >= 0.6 is 0 Å². The van der Waals surface area contributed by atoms with E-state index in [9.17, 15) is 14.4 Å². The molecule has 0 saturated heterocycles. The molecular weight excluding hydrogens is 346 g/mol. The summed E-state index contributed by atoms with van der Waals surface area (Å²) in [6, 6.07) is 14.5. The Morgan fingerprint density at radius 3 is 2.56 bits per heavy atom. The molecule has 0 spiro atoms. The lowest BCUT2D eigenvalue weighted by Gasteiger charge is -2.17. The van der Waals surface area contributed by atoms with Crippen molar-refractivity contribution in [2.45, 2.75) is 19.9 Å². The highest BCUT2D eigenvalue weighted by molar-refractivity contribution is 5.94. The first-order valence-corrected chi connectivity index (χ1v) is 8.63. The Balaban J connectivity index is 1.55. The van der Waals surface area contributed by atoms with Gasteiger partial charge in [-0.2, -0.15) is 0 Å². The maximum atomic E-state index is 12.3. The Morgan fingerprint density at radius 2 is 1.81 bits per heavy atom. The van der Waals surface area contributed by atoms with Crippen molar-refractivity contribution in [3.63, 3.8) is 0 Å². The van der Waals surface area contributed by atoms with Crippen LogP contribution < -0.4 is 11.1 Å². The fraction of sp³-hybridized carbons (Fsp3) is 0.250. The van der Waals surface area contributed by atoms with Crippen LogP contribution in [0.2, 0.25) is 0 Å². The van der Waals surface area contributed by atoms with Gasteiger partial charge in [0.05, 0.1) is 12.1 Å². The van der Waals surface area contributed by atoms with Crippen LogP contribution in [0.1, 0.15) is 12.0 Å². The SMILES string of the molecule is Cc1ccc(NC(=O)CN(C)C(=O)CCn2c(=O)oc3ccccc32)cc1. The highest BCUT2D eigenvalue weighted by Crippen LogP contribution is 2.12. The van der Waals surface area contributed by atoms with Crippen molar-refractivity contribution in [1.29, 1.82) is 0 Å². The molecule has 0 aliphatic rings. The molecule has 3 rings (SSSR count). The molecule has 7 nitrogen and oxygen atoms in total. The number of hydrogen-bond acceptors (Lipinski definition) is 4. The molecule has 0 aliphatic heterocycles. The monoisotopic (exact) mass is 367 g/mol. The molecule has 0 bridgehead atoms. The molecule has 27 heavy (non-hydrogen) atoms. The van der Waals surface area contributed by atoms with Crippen LogP contribution in [0.4, 0.5) is 5.69 Å². The van der Waals surface area contributed by atoms with Crippen molar-refractivity contribution in [2.75, 3.05) is 18.9 Å². The van der Waals surface area contributed by atoms with E-state index in [1.165, 1.54) is 9.47 Å².